The highest BCUT2D eigenvalue weighted by molar-refractivity contribution is 7.89. The number of nitrogens with zero attached hydrogens (tertiary/aromatic N) is 3. The Morgan fingerprint density at radius 2 is 1.87 bits per heavy atom. The van der Waals surface area contributed by atoms with Crippen LogP contribution in [0, 0.1) is 12.8 Å². The van der Waals surface area contributed by atoms with Gasteiger partial charge in [0.25, 0.3) is 0 Å². The van der Waals surface area contributed by atoms with E-state index < -0.39 is 10.0 Å². The van der Waals surface area contributed by atoms with Crippen LogP contribution in [0.2, 0.25) is 0 Å². The predicted octanol–water partition coefficient (Wildman–Crippen LogP) is 3.78. The minimum Gasteiger partial charge on any atom is -0.353 e. The highest BCUT2D eigenvalue weighted by Crippen LogP contribution is 2.34. The zero-order valence-corrected chi connectivity index (χ0v) is 19.6. The lowest BCUT2D eigenvalue weighted by molar-refractivity contribution is -0.126. The van der Waals surface area contributed by atoms with Crippen LogP contribution < -0.4 is 5.32 Å². The second kappa shape index (κ2) is 8.90. The van der Waals surface area contributed by atoms with E-state index in [9.17, 15) is 13.2 Å². The maximum Gasteiger partial charge on any atom is 0.243 e. The van der Waals surface area contributed by atoms with Crippen LogP contribution in [0.25, 0.3) is 11.0 Å². The fraction of sp³-hybridized carbons (Fsp3) is 0.652. The van der Waals surface area contributed by atoms with E-state index in [1.165, 1.54) is 17.1 Å². The molecule has 0 spiro atoms. The number of amides is 1. The summed E-state index contributed by atoms with van der Waals surface area (Å²) in [7, 11) is -3.60. The molecule has 8 heteroatoms. The number of piperidine rings is 1. The minimum absolute atomic E-state index is 0.0424. The monoisotopic (exact) mass is 446 g/mol. The molecule has 1 atom stereocenters. The lowest BCUT2D eigenvalue weighted by Crippen LogP contribution is -2.44. The molecule has 0 bridgehead atoms. The summed E-state index contributed by atoms with van der Waals surface area (Å²) in [5, 5.41) is 3.02. The molecule has 1 aromatic heterocycles. The molecule has 1 saturated carbocycles. The van der Waals surface area contributed by atoms with Crippen LogP contribution in [0.4, 0.5) is 0 Å². The van der Waals surface area contributed by atoms with Gasteiger partial charge < -0.3 is 9.88 Å². The first-order valence-electron chi connectivity index (χ1n) is 11.6. The average molecular weight is 447 g/mol. The number of fused-ring (bicyclic) bond motifs is 1. The number of carbonyl (C=O) groups excluding carboxylic acids is 1. The molecular weight excluding hydrogens is 412 g/mol. The molecule has 2 aliphatic rings. The Hall–Kier alpha value is -1.93. The fourth-order valence-electron chi connectivity index (χ4n) is 4.95. The van der Waals surface area contributed by atoms with Crippen molar-refractivity contribution in [3.05, 3.63) is 24.0 Å². The van der Waals surface area contributed by atoms with Crippen molar-refractivity contribution in [1.29, 1.82) is 0 Å². The van der Waals surface area contributed by atoms with Crippen molar-refractivity contribution >= 4 is 27.0 Å². The van der Waals surface area contributed by atoms with Crippen LogP contribution in [0.5, 0.6) is 0 Å². The summed E-state index contributed by atoms with van der Waals surface area (Å²) >= 11 is 0. The molecule has 1 aliphatic carbocycles. The zero-order valence-electron chi connectivity index (χ0n) is 18.8. The van der Waals surface area contributed by atoms with E-state index >= 15 is 0 Å². The number of benzene rings is 1. The number of aryl methyl sites for hydroxylation is 1. The molecule has 1 aliphatic heterocycles. The smallest absolute Gasteiger partial charge is 0.243 e. The highest BCUT2D eigenvalue weighted by Gasteiger charge is 2.33. The normalized spacial score (nSPS) is 20.4. The molecule has 1 saturated heterocycles. The van der Waals surface area contributed by atoms with E-state index in [4.69, 9.17) is 0 Å². The SMILES string of the molecule is CC[C@@H](C)NC(=O)C1CCN(S(=O)(=O)c2ccc3c(c2)nc(C)n3C2CCCC2)CC1. The zero-order chi connectivity index (χ0) is 22.2. The molecule has 31 heavy (non-hydrogen) atoms. The highest BCUT2D eigenvalue weighted by atomic mass is 32.2. The van der Waals surface area contributed by atoms with Crippen molar-refractivity contribution in [1.82, 2.24) is 19.2 Å². The largest absolute Gasteiger partial charge is 0.353 e. The summed E-state index contributed by atoms with van der Waals surface area (Å²) in [5.74, 6) is 0.873. The van der Waals surface area contributed by atoms with Gasteiger partial charge in [-0.2, -0.15) is 4.31 Å². The van der Waals surface area contributed by atoms with Crippen LogP contribution >= 0.6 is 0 Å². The molecule has 1 amide bonds. The van der Waals surface area contributed by atoms with Crippen molar-refractivity contribution in [2.24, 2.45) is 5.92 Å². The van der Waals surface area contributed by atoms with Gasteiger partial charge in [-0.15, -0.1) is 0 Å². The van der Waals surface area contributed by atoms with E-state index in [0.717, 1.165) is 36.1 Å². The molecule has 1 aromatic carbocycles. The quantitative estimate of drug-likeness (QED) is 0.732. The third kappa shape index (κ3) is 4.37. The van der Waals surface area contributed by atoms with Crippen molar-refractivity contribution in [2.75, 3.05) is 13.1 Å². The number of hydrogen-bond acceptors (Lipinski definition) is 4. The molecule has 1 N–H and O–H groups in total. The molecule has 0 unspecified atom stereocenters. The lowest BCUT2D eigenvalue weighted by Gasteiger charge is -2.31. The number of aromatic nitrogens is 2. The van der Waals surface area contributed by atoms with Gasteiger partial charge in [0.15, 0.2) is 0 Å². The standard InChI is InChI=1S/C23H34N4O3S/c1-4-16(2)24-23(28)18-11-13-26(14-12-18)31(29,30)20-9-10-22-21(15-20)25-17(3)27(22)19-7-5-6-8-19/h9-10,15-16,18-19H,4-8,11-14H2,1-3H3,(H,24,28)/t16-/m1/s1. The Morgan fingerprint density at radius 1 is 1.19 bits per heavy atom. The molecule has 2 heterocycles. The molecule has 2 aromatic rings. The third-order valence-corrected chi connectivity index (χ3v) is 8.89. The first-order chi connectivity index (χ1) is 14.8. The van der Waals surface area contributed by atoms with Crippen molar-refractivity contribution in [3.63, 3.8) is 0 Å². The lowest BCUT2D eigenvalue weighted by atomic mass is 9.97. The molecular formula is C23H34N4O3S. The van der Waals surface area contributed by atoms with Gasteiger partial charge in [-0.3, -0.25) is 4.79 Å². The van der Waals surface area contributed by atoms with Gasteiger partial charge in [0.05, 0.1) is 15.9 Å². The summed E-state index contributed by atoms with van der Waals surface area (Å²) < 4.78 is 30.3. The number of hydrogen-bond donors (Lipinski definition) is 1. The van der Waals surface area contributed by atoms with Crippen molar-refractivity contribution in [3.8, 4) is 0 Å². The predicted molar refractivity (Wildman–Crippen MR) is 121 cm³/mol. The van der Waals surface area contributed by atoms with Gasteiger partial charge >= 0.3 is 0 Å². The number of sulfonamides is 1. The Bertz CT molecular complexity index is 1050. The number of carbonyl (C=O) groups is 1. The van der Waals surface area contributed by atoms with E-state index in [1.54, 1.807) is 12.1 Å². The summed E-state index contributed by atoms with van der Waals surface area (Å²) in [6, 6.07) is 5.95. The molecule has 2 fully saturated rings. The Morgan fingerprint density at radius 3 is 2.52 bits per heavy atom. The Kier molecular flexibility index (Phi) is 6.40. The maximum absolute atomic E-state index is 13.3. The van der Waals surface area contributed by atoms with Gasteiger partial charge in [-0.1, -0.05) is 19.8 Å². The van der Waals surface area contributed by atoms with Crippen LogP contribution in [0.3, 0.4) is 0 Å². The van der Waals surface area contributed by atoms with Crippen LogP contribution in [0.1, 0.15) is 70.7 Å². The molecule has 4 rings (SSSR count). The van der Waals surface area contributed by atoms with E-state index in [0.29, 0.717) is 36.9 Å². The van der Waals surface area contributed by atoms with Gasteiger partial charge in [0.1, 0.15) is 5.82 Å². The van der Waals surface area contributed by atoms with Gasteiger partial charge in [-0.25, -0.2) is 13.4 Å². The topological polar surface area (TPSA) is 84.3 Å². The number of nitrogens with one attached hydrogen (secondary N) is 1. The van der Waals surface area contributed by atoms with E-state index in [2.05, 4.69) is 14.9 Å². The molecule has 7 nitrogen and oxygen atoms in total. The number of rotatable bonds is 6. The van der Waals surface area contributed by atoms with Crippen molar-refractivity contribution < 1.29 is 13.2 Å². The molecule has 0 radical (unpaired) electrons. The summed E-state index contributed by atoms with van der Waals surface area (Å²) in [5.41, 5.74) is 1.76. The van der Waals surface area contributed by atoms with Gasteiger partial charge in [0, 0.05) is 31.1 Å². The van der Waals surface area contributed by atoms with Gasteiger partial charge in [-0.05, 0) is 64.2 Å². The summed E-state index contributed by atoms with van der Waals surface area (Å²) in [4.78, 5) is 17.4. The first-order valence-corrected chi connectivity index (χ1v) is 13.0. The fourth-order valence-corrected chi connectivity index (χ4v) is 6.44. The van der Waals surface area contributed by atoms with E-state index in [1.807, 2.05) is 26.8 Å². The minimum atomic E-state index is -3.60. The van der Waals surface area contributed by atoms with Crippen LogP contribution in [-0.4, -0.2) is 47.3 Å². The van der Waals surface area contributed by atoms with Crippen molar-refractivity contribution in [2.45, 2.75) is 82.7 Å². The molecule has 170 valence electrons. The second-order valence-electron chi connectivity index (χ2n) is 9.11. The second-order valence-corrected chi connectivity index (χ2v) is 11.1. The Balaban J connectivity index is 1.49. The third-order valence-electron chi connectivity index (χ3n) is 6.99. The van der Waals surface area contributed by atoms with Gasteiger partial charge in [0.2, 0.25) is 15.9 Å². The number of imidazole rings is 1. The summed E-state index contributed by atoms with van der Waals surface area (Å²) in [6.45, 7) is 6.77. The van der Waals surface area contributed by atoms with E-state index in [-0.39, 0.29) is 17.9 Å². The first kappa shape index (κ1) is 22.3. The van der Waals surface area contributed by atoms with Crippen LogP contribution in [0.15, 0.2) is 23.1 Å². The van der Waals surface area contributed by atoms with Crippen LogP contribution in [-0.2, 0) is 14.8 Å². The summed E-state index contributed by atoms with van der Waals surface area (Å²) in [6.07, 6.45) is 6.79. The maximum atomic E-state index is 13.3. The average Bonchev–Trinajstić information content (AvgIpc) is 3.39. The Labute approximate surface area is 185 Å².